The fourth-order valence-corrected chi connectivity index (χ4v) is 2.89. The first-order valence-corrected chi connectivity index (χ1v) is 7.69. The Morgan fingerprint density at radius 1 is 1.41 bits per heavy atom. The number of benzene rings is 1. The summed E-state index contributed by atoms with van der Waals surface area (Å²) < 4.78 is 45.8. The minimum Gasteiger partial charge on any atom is -0.466 e. The van der Waals surface area contributed by atoms with Gasteiger partial charge in [0.05, 0.1) is 17.6 Å². The lowest BCUT2D eigenvalue weighted by Gasteiger charge is -2.49. The molecule has 3 atom stereocenters. The third-order valence-corrected chi connectivity index (χ3v) is 4.28. The standard InChI is InChI=1S/C15H16F3N3O6/c1-3-27-12(22)10-11(8-4-6-9(7-5-8)21(25)26)19-13(23)20(2)14(10,24)15(16,17)18/h4-7,10-11,24H,3H2,1-2H3,(H,19,23)/t10-,11-,14-/m0/s1. The van der Waals surface area contributed by atoms with E-state index in [0.717, 1.165) is 24.3 Å². The number of hydrogen-bond donors (Lipinski definition) is 2. The summed E-state index contributed by atoms with van der Waals surface area (Å²) in [6.45, 7) is 1.12. The summed E-state index contributed by atoms with van der Waals surface area (Å²) in [4.78, 5) is 34.3. The summed E-state index contributed by atoms with van der Waals surface area (Å²) in [5, 5.41) is 23.4. The molecular formula is C15H16F3N3O6. The molecule has 27 heavy (non-hydrogen) atoms. The highest BCUT2D eigenvalue weighted by atomic mass is 19.4. The number of rotatable bonds is 4. The zero-order valence-electron chi connectivity index (χ0n) is 14.2. The minimum atomic E-state index is -5.38. The maximum atomic E-state index is 13.7. The number of halogens is 3. The van der Waals surface area contributed by atoms with Gasteiger partial charge >= 0.3 is 18.2 Å². The Hall–Kier alpha value is -2.89. The van der Waals surface area contributed by atoms with Gasteiger partial charge in [-0.2, -0.15) is 13.2 Å². The van der Waals surface area contributed by atoms with Crippen molar-refractivity contribution < 1.29 is 37.5 Å². The Kier molecular flexibility index (Phi) is 5.31. The van der Waals surface area contributed by atoms with Crippen LogP contribution in [0.3, 0.4) is 0 Å². The third-order valence-electron chi connectivity index (χ3n) is 4.28. The molecule has 2 amide bonds. The van der Waals surface area contributed by atoms with Crippen molar-refractivity contribution in [3.63, 3.8) is 0 Å². The number of ether oxygens (including phenoxy) is 1. The molecule has 1 heterocycles. The van der Waals surface area contributed by atoms with Crippen LogP contribution in [-0.4, -0.2) is 52.5 Å². The molecule has 9 nitrogen and oxygen atoms in total. The zero-order valence-corrected chi connectivity index (χ0v) is 14.2. The van der Waals surface area contributed by atoms with Gasteiger partial charge in [-0.3, -0.25) is 19.8 Å². The van der Waals surface area contributed by atoms with Crippen LogP contribution in [0.5, 0.6) is 0 Å². The maximum absolute atomic E-state index is 13.7. The van der Waals surface area contributed by atoms with Gasteiger partial charge in [0.25, 0.3) is 11.4 Å². The van der Waals surface area contributed by atoms with E-state index in [-0.39, 0.29) is 22.8 Å². The van der Waals surface area contributed by atoms with Crippen molar-refractivity contribution in [3.05, 3.63) is 39.9 Å². The summed E-state index contributed by atoms with van der Waals surface area (Å²) in [7, 11) is 0.696. The molecule has 1 aliphatic heterocycles. The molecule has 2 N–H and O–H groups in total. The summed E-state index contributed by atoms with van der Waals surface area (Å²) in [5.74, 6) is -3.64. The Labute approximate surface area is 150 Å². The minimum absolute atomic E-state index is 0.0174. The molecule has 12 heteroatoms. The fourth-order valence-electron chi connectivity index (χ4n) is 2.89. The maximum Gasteiger partial charge on any atom is 0.437 e. The van der Waals surface area contributed by atoms with E-state index in [1.54, 1.807) is 0 Å². The predicted molar refractivity (Wildman–Crippen MR) is 83.3 cm³/mol. The van der Waals surface area contributed by atoms with Gasteiger partial charge in [-0.1, -0.05) is 12.1 Å². The van der Waals surface area contributed by atoms with Crippen LogP contribution in [0.15, 0.2) is 24.3 Å². The second-order valence-electron chi connectivity index (χ2n) is 5.79. The van der Waals surface area contributed by atoms with Crippen molar-refractivity contribution in [1.82, 2.24) is 10.2 Å². The van der Waals surface area contributed by atoms with Crippen LogP contribution in [0.4, 0.5) is 23.7 Å². The molecule has 0 bridgehead atoms. The first-order chi connectivity index (χ1) is 12.4. The first kappa shape index (κ1) is 20.4. The second kappa shape index (κ2) is 7.02. The number of non-ortho nitro benzene ring substituents is 1. The molecule has 1 saturated heterocycles. The molecule has 0 spiro atoms. The monoisotopic (exact) mass is 391 g/mol. The fraction of sp³-hybridized carbons (Fsp3) is 0.467. The number of aliphatic hydroxyl groups is 1. The second-order valence-corrected chi connectivity index (χ2v) is 5.79. The van der Waals surface area contributed by atoms with Crippen LogP contribution in [0.2, 0.25) is 0 Å². The molecule has 0 unspecified atom stereocenters. The predicted octanol–water partition coefficient (Wildman–Crippen LogP) is 1.72. The van der Waals surface area contributed by atoms with Gasteiger partial charge in [0.15, 0.2) is 0 Å². The Bertz CT molecular complexity index is 754. The topological polar surface area (TPSA) is 122 Å². The van der Waals surface area contributed by atoms with Crippen LogP contribution in [-0.2, 0) is 9.53 Å². The Balaban J connectivity index is 2.61. The van der Waals surface area contributed by atoms with Gasteiger partial charge < -0.3 is 15.2 Å². The zero-order chi connectivity index (χ0) is 20.6. The summed E-state index contributed by atoms with van der Waals surface area (Å²) in [6, 6.07) is 1.30. The highest BCUT2D eigenvalue weighted by Gasteiger charge is 2.69. The van der Waals surface area contributed by atoms with Gasteiger partial charge in [-0.25, -0.2) is 4.79 Å². The van der Waals surface area contributed by atoms with Gasteiger partial charge in [0.1, 0.15) is 5.92 Å². The highest BCUT2D eigenvalue weighted by molar-refractivity contribution is 5.83. The molecule has 2 rings (SSSR count). The number of nitrogens with zero attached hydrogens (tertiary/aromatic N) is 2. The average molecular weight is 391 g/mol. The molecular weight excluding hydrogens is 375 g/mol. The number of carbonyl (C=O) groups excluding carboxylic acids is 2. The summed E-state index contributed by atoms with van der Waals surface area (Å²) >= 11 is 0. The number of nitrogens with one attached hydrogen (secondary N) is 1. The van der Waals surface area contributed by atoms with E-state index in [1.807, 2.05) is 0 Å². The molecule has 0 radical (unpaired) electrons. The lowest BCUT2D eigenvalue weighted by Crippen LogP contribution is -2.73. The van der Waals surface area contributed by atoms with Crippen molar-refractivity contribution >= 4 is 17.7 Å². The number of urea groups is 1. The van der Waals surface area contributed by atoms with Crippen LogP contribution in [0.25, 0.3) is 0 Å². The Morgan fingerprint density at radius 2 is 1.96 bits per heavy atom. The van der Waals surface area contributed by atoms with Crippen molar-refractivity contribution in [2.45, 2.75) is 24.9 Å². The SMILES string of the molecule is CCOC(=O)[C@@H]1[C@H](c2ccc([N+](=O)[O-])cc2)NC(=O)N(C)[C@@]1(O)C(F)(F)F. The quantitative estimate of drug-likeness (QED) is 0.458. The molecule has 1 aromatic carbocycles. The highest BCUT2D eigenvalue weighted by Crippen LogP contribution is 2.46. The van der Waals surface area contributed by atoms with E-state index >= 15 is 0 Å². The Morgan fingerprint density at radius 3 is 2.41 bits per heavy atom. The smallest absolute Gasteiger partial charge is 0.437 e. The van der Waals surface area contributed by atoms with E-state index in [1.165, 1.54) is 6.92 Å². The van der Waals surface area contributed by atoms with Gasteiger partial charge in [0, 0.05) is 19.2 Å². The molecule has 1 aromatic rings. The largest absolute Gasteiger partial charge is 0.466 e. The van der Waals surface area contributed by atoms with Crippen molar-refractivity contribution in [2.75, 3.05) is 13.7 Å². The van der Waals surface area contributed by atoms with E-state index < -0.39 is 40.8 Å². The van der Waals surface area contributed by atoms with E-state index in [0.29, 0.717) is 7.05 Å². The number of nitro groups is 1. The molecule has 0 aliphatic carbocycles. The normalized spacial score (nSPS) is 25.7. The molecule has 1 aliphatic rings. The third kappa shape index (κ3) is 3.39. The summed E-state index contributed by atoms with van der Waals surface area (Å²) in [5.41, 5.74) is -4.21. The lowest BCUT2D eigenvalue weighted by molar-refractivity contribution is -0.384. The van der Waals surface area contributed by atoms with E-state index in [2.05, 4.69) is 10.1 Å². The van der Waals surface area contributed by atoms with Crippen LogP contribution in [0.1, 0.15) is 18.5 Å². The van der Waals surface area contributed by atoms with Crippen molar-refractivity contribution in [2.24, 2.45) is 5.92 Å². The molecule has 1 fully saturated rings. The van der Waals surface area contributed by atoms with E-state index in [4.69, 9.17) is 0 Å². The van der Waals surface area contributed by atoms with Gasteiger partial charge in [-0.15, -0.1) is 0 Å². The van der Waals surface area contributed by atoms with Crippen molar-refractivity contribution in [1.29, 1.82) is 0 Å². The average Bonchev–Trinajstić information content (AvgIpc) is 2.58. The van der Waals surface area contributed by atoms with Crippen molar-refractivity contribution in [3.8, 4) is 0 Å². The number of esters is 1. The van der Waals surface area contributed by atoms with Crippen LogP contribution < -0.4 is 5.32 Å². The molecule has 0 saturated carbocycles. The number of carbonyl (C=O) groups is 2. The molecule has 148 valence electrons. The summed E-state index contributed by atoms with van der Waals surface area (Å²) in [6.07, 6.45) is -5.38. The number of amides is 2. The molecule has 0 aromatic heterocycles. The number of hydrogen-bond acceptors (Lipinski definition) is 6. The number of nitro benzene ring substituents is 1. The van der Waals surface area contributed by atoms with Crippen LogP contribution in [0, 0.1) is 16.0 Å². The number of alkyl halides is 3. The van der Waals surface area contributed by atoms with Gasteiger partial charge in [-0.05, 0) is 12.5 Å². The first-order valence-electron chi connectivity index (χ1n) is 7.69. The van der Waals surface area contributed by atoms with Gasteiger partial charge in [0.2, 0.25) is 0 Å². The van der Waals surface area contributed by atoms with Crippen LogP contribution >= 0.6 is 0 Å². The lowest BCUT2D eigenvalue weighted by atomic mass is 9.81. The van der Waals surface area contributed by atoms with E-state index in [9.17, 15) is 38.0 Å².